The van der Waals surface area contributed by atoms with Gasteiger partial charge in [0.2, 0.25) is 5.11 Å². The van der Waals surface area contributed by atoms with Crippen LogP contribution in [0.4, 0.5) is 9.18 Å². The van der Waals surface area contributed by atoms with Crippen LogP contribution < -0.4 is 11.1 Å². The molecular weight excluding hydrogens is 357 g/mol. The van der Waals surface area contributed by atoms with Gasteiger partial charge in [-0.3, -0.25) is 10.1 Å². The fourth-order valence-electron chi connectivity index (χ4n) is 2.71. The zero-order valence-electron chi connectivity index (χ0n) is 14.2. The van der Waals surface area contributed by atoms with Gasteiger partial charge >= 0.3 is 6.03 Å². The molecule has 7 nitrogen and oxygen atoms in total. The molecule has 0 aromatic heterocycles. The molecule has 0 atom stereocenters. The van der Waals surface area contributed by atoms with E-state index >= 15 is 0 Å². The Labute approximate surface area is 155 Å². The molecule has 1 aromatic carbocycles. The van der Waals surface area contributed by atoms with Crippen LogP contribution in [0.25, 0.3) is 0 Å². The molecule has 0 spiro atoms. The summed E-state index contributed by atoms with van der Waals surface area (Å²) in [7, 11) is 0. The van der Waals surface area contributed by atoms with Crippen LogP contribution in [0.1, 0.15) is 35.7 Å². The van der Waals surface area contributed by atoms with Gasteiger partial charge in [-0.1, -0.05) is 0 Å². The third-order valence-corrected chi connectivity index (χ3v) is 4.20. The minimum absolute atomic E-state index is 0.0205. The Balaban J connectivity index is 1.95. The lowest BCUT2D eigenvalue weighted by molar-refractivity contribution is 0.0852. The highest BCUT2D eigenvalue weighted by Gasteiger charge is 2.29. The summed E-state index contributed by atoms with van der Waals surface area (Å²) in [5.41, 5.74) is 5.53. The van der Waals surface area contributed by atoms with Gasteiger partial charge in [-0.05, 0) is 50.2 Å². The monoisotopic (exact) mass is 375 g/mol. The maximum absolute atomic E-state index is 14.0. The van der Waals surface area contributed by atoms with Gasteiger partial charge in [0, 0.05) is 19.0 Å². The highest BCUT2D eigenvalue weighted by atomic mass is 32.1. The normalized spacial score (nSPS) is 15.3. The Hall–Kier alpha value is -2.86. The van der Waals surface area contributed by atoms with E-state index in [9.17, 15) is 14.0 Å². The summed E-state index contributed by atoms with van der Waals surface area (Å²) in [4.78, 5) is 29.9. The van der Waals surface area contributed by atoms with Crippen molar-refractivity contribution < 1.29 is 14.0 Å². The lowest BCUT2D eigenvalue weighted by Crippen LogP contribution is -2.46. The first-order valence-corrected chi connectivity index (χ1v) is 8.37. The molecule has 0 radical (unpaired) electrons. The molecule has 1 saturated heterocycles. The number of halogens is 1. The van der Waals surface area contributed by atoms with Gasteiger partial charge in [-0.25, -0.2) is 14.2 Å². The van der Waals surface area contributed by atoms with Crippen LogP contribution in [0.3, 0.4) is 0 Å². The van der Waals surface area contributed by atoms with Gasteiger partial charge in [0.1, 0.15) is 5.82 Å². The summed E-state index contributed by atoms with van der Waals surface area (Å²) < 4.78 is 14.0. The number of nitrogens with one attached hydrogen (secondary N) is 1. The van der Waals surface area contributed by atoms with Crippen molar-refractivity contribution >= 4 is 35.0 Å². The van der Waals surface area contributed by atoms with Crippen LogP contribution in [0, 0.1) is 23.1 Å². The van der Waals surface area contributed by atoms with E-state index in [4.69, 9.17) is 23.2 Å². The van der Waals surface area contributed by atoms with E-state index < -0.39 is 11.8 Å². The summed E-state index contributed by atoms with van der Waals surface area (Å²) in [6, 6.07) is 5.23. The number of likely N-dealkylation sites (tertiary alicyclic amines) is 1. The van der Waals surface area contributed by atoms with Gasteiger partial charge < -0.3 is 10.6 Å². The average molecular weight is 375 g/mol. The maximum atomic E-state index is 14.0. The van der Waals surface area contributed by atoms with Crippen LogP contribution in [0.15, 0.2) is 23.2 Å². The molecule has 0 bridgehead atoms. The number of aliphatic imine (C=N–C) groups is 1. The van der Waals surface area contributed by atoms with Crippen LogP contribution in [-0.2, 0) is 0 Å². The minimum atomic E-state index is -0.699. The second kappa shape index (κ2) is 8.49. The number of Topliss-reactive ketones (excluding diaryl/α,β-unsaturated/α-hetero) is 1. The van der Waals surface area contributed by atoms with Gasteiger partial charge in [0.15, 0.2) is 5.78 Å². The third-order valence-electron chi connectivity index (χ3n) is 4.01. The number of rotatable bonds is 2. The number of carbonyl (C=O) groups is 2. The Morgan fingerprint density at radius 3 is 2.62 bits per heavy atom. The standard InChI is InChI=1S/C17H18FN5O2S/c1-10(20)21-16(26)22-17(25)23-6-4-12(5-7-23)15(24)13-3-2-11(9-19)8-14(13)18/h2-3,8,12H,4-7H2,1H3,(H3,20,21,22,25,26). The first-order chi connectivity index (χ1) is 12.3. The van der Waals surface area contributed by atoms with Crippen LogP contribution >= 0.6 is 12.2 Å². The predicted molar refractivity (Wildman–Crippen MR) is 98.2 cm³/mol. The second-order valence-electron chi connectivity index (χ2n) is 5.92. The van der Waals surface area contributed by atoms with Crippen molar-refractivity contribution in [2.24, 2.45) is 16.6 Å². The van der Waals surface area contributed by atoms with Crippen molar-refractivity contribution in [3.05, 3.63) is 35.1 Å². The van der Waals surface area contributed by atoms with Gasteiger partial charge in [-0.15, -0.1) is 0 Å². The predicted octanol–water partition coefficient (Wildman–Crippen LogP) is 1.96. The van der Waals surface area contributed by atoms with Crippen molar-refractivity contribution in [2.75, 3.05) is 13.1 Å². The van der Waals surface area contributed by atoms with E-state index in [1.54, 1.807) is 6.92 Å². The quantitative estimate of drug-likeness (QED) is 0.355. The number of carbonyl (C=O) groups excluding carboxylic acids is 2. The Kier molecular flexibility index (Phi) is 6.36. The topological polar surface area (TPSA) is 112 Å². The Morgan fingerprint density at radius 2 is 2.08 bits per heavy atom. The lowest BCUT2D eigenvalue weighted by Gasteiger charge is -2.31. The first-order valence-electron chi connectivity index (χ1n) is 7.96. The minimum Gasteiger partial charge on any atom is -0.387 e. The molecule has 2 amide bonds. The number of piperidine rings is 1. The molecule has 1 aromatic rings. The van der Waals surface area contributed by atoms with E-state index in [0.29, 0.717) is 25.9 Å². The van der Waals surface area contributed by atoms with Gasteiger partial charge in [0.25, 0.3) is 0 Å². The van der Waals surface area contributed by atoms with E-state index in [-0.39, 0.29) is 33.8 Å². The molecule has 9 heteroatoms. The number of amidine groups is 1. The van der Waals surface area contributed by atoms with Crippen molar-refractivity contribution in [3.63, 3.8) is 0 Å². The Morgan fingerprint density at radius 1 is 1.42 bits per heavy atom. The van der Waals surface area contributed by atoms with Crippen molar-refractivity contribution in [1.29, 1.82) is 5.26 Å². The van der Waals surface area contributed by atoms with Crippen molar-refractivity contribution in [2.45, 2.75) is 19.8 Å². The molecule has 2 rings (SSSR count). The number of hydrogen-bond acceptors (Lipinski definition) is 4. The number of benzene rings is 1. The Bertz CT molecular complexity index is 806. The number of hydrogen-bond donors (Lipinski definition) is 2. The first kappa shape index (κ1) is 19.5. The van der Waals surface area contributed by atoms with Crippen molar-refractivity contribution in [1.82, 2.24) is 10.2 Å². The molecular formula is C17H18FN5O2S. The fraction of sp³-hybridized carbons (Fsp3) is 0.353. The van der Waals surface area contributed by atoms with Crippen LogP contribution in [-0.4, -0.2) is 40.8 Å². The van der Waals surface area contributed by atoms with Gasteiger partial charge in [-0.2, -0.15) is 5.26 Å². The molecule has 1 aliphatic heterocycles. The number of amides is 2. The average Bonchev–Trinajstić information content (AvgIpc) is 2.60. The smallest absolute Gasteiger partial charge is 0.323 e. The molecule has 1 aliphatic rings. The molecule has 3 N–H and O–H groups in total. The van der Waals surface area contributed by atoms with Crippen LogP contribution in [0.2, 0.25) is 0 Å². The highest BCUT2D eigenvalue weighted by molar-refractivity contribution is 7.80. The SMILES string of the molecule is C/C(N)=N/C(=S)NC(=O)N1CCC(C(=O)c2ccc(C#N)cc2F)CC1. The van der Waals surface area contributed by atoms with E-state index in [0.717, 1.165) is 6.07 Å². The van der Waals surface area contributed by atoms with E-state index in [1.165, 1.54) is 17.0 Å². The zero-order chi connectivity index (χ0) is 19.3. The summed E-state index contributed by atoms with van der Waals surface area (Å²) >= 11 is 4.89. The molecule has 0 unspecified atom stereocenters. The third kappa shape index (κ3) is 4.83. The summed E-state index contributed by atoms with van der Waals surface area (Å²) in [5, 5.41) is 11.2. The molecule has 1 heterocycles. The lowest BCUT2D eigenvalue weighted by atomic mass is 9.88. The summed E-state index contributed by atoms with van der Waals surface area (Å²) in [5.74, 6) is -1.15. The molecule has 1 fully saturated rings. The number of nitrogens with zero attached hydrogens (tertiary/aromatic N) is 3. The number of thiocarbonyl (C=S) groups is 1. The molecule has 0 saturated carbocycles. The van der Waals surface area contributed by atoms with Crippen molar-refractivity contribution in [3.8, 4) is 6.07 Å². The van der Waals surface area contributed by atoms with Crippen LogP contribution in [0.5, 0.6) is 0 Å². The number of nitrogens with two attached hydrogens (primary N) is 1. The van der Waals surface area contributed by atoms with E-state index in [2.05, 4.69) is 10.3 Å². The molecule has 0 aliphatic carbocycles. The highest BCUT2D eigenvalue weighted by Crippen LogP contribution is 2.23. The van der Waals surface area contributed by atoms with Gasteiger partial charge in [0.05, 0.1) is 23.0 Å². The number of ketones is 1. The molecule has 26 heavy (non-hydrogen) atoms. The molecule has 136 valence electrons. The largest absolute Gasteiger partial charge is 0.387 e. The zero-order valence-corrected chi connectivity index (χ0v) is 15.0. The summed E-state index contributed by atoms with van der Waals surface area (Å²) in [6.45, 7) is 2.24. The summed E-state index contributed by atoms with van der Waals surface area (Å²) in [6.07, 6.45) is 0.829. The maximum Gasteiger partial charge on any atom is 0.323 e. The fourth-order valence-corrected chi connectivity index (χ4v) is 2.94. The number of urea groups is 1. The second-order valence-corrected chi connectivity index (χ2v) is 6.31. The number of nitriles is 1. The van der Waals surface area contributed by atoms with E-state index in [1.807, 2.05) is 6.07 Å².